The summed E-state index contributed by atoms with van der Waals surface area (Å²) in [5, 5.41) is 0. The third kappa shape index (κ3) is 4.88. The van der Waals surface area contributed by atoms with Crippen LogP contribution in [0.3, 0.4) is 0 Å². The Morgan fingerprint density at radius 2 is 1.75 bits per heavy atom. The molecule has 0 unspecified atom stereocenters. The molecule has 0 bridgehead atoms. The zero-order valence-electron chi connectivity index (χ0n) is 7.65. The third-order valence-electron chi connectivity index (χ3n) is 0.900. The van der Waals surface area contributed by atoms with Crippen LogP contribution in [0.2, 0.25) is 0 Å². The first-order valence-electron chi connectivity index (χ1n) is 3.87. The number of rotatable bonds is 6. The minimum atomic E-state index is -2.49. The lowest BCUT2D eigenvalue weighted by molar-refractivity contribution is 0.203. The summed E-state index contributed by atoms with van der Waals surface area (Å²) in [6.07, 6.45) is 3.26. The minimum absolute atomic E-state index is 0.509. The summed E-state index contributed by atoms with van der Waals surface area (Å²) in [6.45, 7) is 4.09. The van der Waals surface area contributed by atoms with Gasteiger partial charge in [-0.15, -0.1) is 0 Å². The van der Waals surface area contributed by atoms with Crippen LogP contribution in [0.15, 0.2) is 12.3 Å². The molecule has 12 heavy (non-hydrogen) atoms. The van der Waals surface area contributed by atoms with Gasteiger partial charge in [0.1, 0.15) is 0 Å². The van der Waals surface area contributed by atoms with Crippen molar-refractivity contribution in [3.05, 3.63) is 12.3 Å². The Morgan fingerprint density at radius 3 is 2.08 bits per heavy atom. The van der Waals surface area contributed by atoms with Gasteiger partial charge >= 0.3 is 6.72 Å². The van der Waals surface area contributed by atoms with Gasteiger partial charge < -0.3 is 4.52 Å². The van der Waals surface area contributed by atoms with E-state index in [1.54, 1.807) is 6.08 Å². The summed E-state index contributed by atoms with van der Waals surface area (Å²) in [5.74, 6) is 0. The minimum Gasteiger partial charge on any atom is -0.432 e. The van der Waals surface area contributed by atoms with Crippen LogP contribution in [0.25, 0.3) is 0 Å². The summed E-state index contributed by atoms with van der Waals surface area (Å²) in [6, 6.07) is 0. The van der Waals surface area contributed by atoms with Crippen LogP contribution >= 0.6 is 6.72 Å². The Balaban J connectivity index is 4.08. The van der Waals surface area contributed by atoms with Crippen molar-refractivity contribution in [2.24, 2.45) is 0 Å². The van der Waals surface area contributed by atoms with Gasteiger partial charge in [0, 0.05) is 11.8 Å². The molecule has 5 heteroatoms. The summed E-state index contributed by atoms with van der Waals surface area (Å²) < 4.78 is 15.6. The molecule has 0 saturated carbocycles. The summed E-state index contributed by atoms with van der Waals surface area (Å²) in [5.41, 5.74) is 0. The molecule has 0 radical (unpaired) electrons. The lowest BCUT2D eigenvalue weighted by Gasteiger charge is -2.18. The molecular weight excluding hydrogens is 195 g/mol. The second kappa shape index (κ2) is 6.61. The van der Waals surface area contributed by atoms with Gasteiger partial charge in [-0.05, 0) is 20.8 Å². The fourth-order valence-electron chi connectivity index (χ4n) is 0.550. The van der Waals surface area contributed by atoms with Crippen molar-refractivity contribution >= 4 is 18.5 Å². The Morgan fingerprint density at radius 1 is 1.25 bits per heavy atom. The van der Waals surface area contributed by atoms with Crippen molar-refractivity contribution in [1.29, 1.82) is 0 Å². The van der Waals surface area contributed by atoms with E-state index in [0.717, 1.165) is 0 Å². The lowest BCUT2D eigenvalue weighted by atomic mass is 10.8. The monoisotopic (exact) mass is 210 g/mol. The molecular formula is C7H15O3PS. The van der Waals surface area contributed by atoms with Gasteiger partial charge in [-0.2, -0.15) is 0 Å². The van der Waals surface area contributed by atoms with Gasteiger partial charge in [0.25, 0.3) is 0 Å². The first kappa shape index (κ1) is 12.1. The van der Waals surface area contributed by atoms with Crippen LogP contribution in [0.4, 0.5) is 0 Å². The van der Waals surface area contributed by atoms with Gasteiger partial charge in [-0.1, -0.05) is 6.08 Å². The van der Waals surface area contributed by atoms with Crippen LogP contribution in [0, 0.1) is 0 Å². The highest BCUT2D eigenvalue weighted by molar-refractivity contribution is 8.07. The molecule has 0 aromatic carbocycles. The second-order valence-electron chi connectivity index (χ2n) is 1.86. The Labute approximate surface area is 79.0 Å². The van der Waals surface area contributed by atoms with Crippen LogP contribution in [0.1, 0.15) is 20.8 Å². The molecule has 0 fully saturated rings. The molecule has 0 atom stereocenters. The first-order valence-corrected chi connectivity index (χ1v) is 6.42. The fourth-order valence-corrected chi connectivity index (χ4v) is 2.43. The average Bonchev–Trinajstić information content (AvgIpc) is 2.02. The van der Waals surface area contributed by atoms with Crippen molar-refractivity contribution in [2.45, 2.75) is 20.8 Å². The number of allylic oxidation sites excluding steroid dienone is 1. The van der Waals surface area contributed by atoms with Gasteiger partial charge in [0.15, 0.2) is 0 Å². The van der Waals surface area contributed by atoms with Crippen molar-refractivity contribution in [2.75, 3.05) is 13.2 Å². The molecule has 0 spiro atoms. The number of hydrogen-bond donors (Lipinski definition) is 0. The third-order valence-corrected chi connectivity index (χ3v) is 3.32. The molecule has 72 valence electrons. The molecule has 0 amide bonds. The maximum Gasteiger partial charge on any atom is 0.379 e. The molecule has 0 aromatic rings. The predicted molar refractivity (Wildman–Crippen MR) is 53.4 cm³/mol. The van der Waals surface area contributed by atoms with Crippen LogP contribution in [0.5, 0.6) is 0 Å². The van der Waals surface area contributed by atoms with E-state index in [9.17, 15) is 0 Å². The van der Waals surface area contributed by atoms with E-state index in [-0.39, 0.29) is 0 Å². The largest absolute Gasteiger partial charge is 0.432 e. The van der Waals surface area contributed by atoms with Crippen molar-refractivity contribution in [3.63, 3.8) is 0 Å². The normalized spacial score (nSPS) is 12.2. The van der Waals surface area contributed by atoms with E-state index >= 15 is 0 Å². The molecule has 0 rings (SSSR count). The van der Waals surface area contributed by atoms with Crippen LogP contribution in [-0.4, -0.2) is 13.2 Å². The highest BCUT2D eigenvalue weighted by Gasteiger charge is 2.17. The summed E-state index contributed by atoms with van der Waals surface area (Å²) in [7, 11) is 0. The van der Waals surface area contributed by atoms with Crippen LogP contribution in [-0.2, 0) is 25.4 Å². The van der Waals surface area contributed by atoms with E-state index in [4.69, 9.17) is 25.4 Å². The Bertz CT molecular complexity index is 171. The van der Waals surface area contributed by atoms with Gasteiger partial charge in [0.05, 0.1) is 19.5 Å². The van der Waals surface area contributed by atoms with Crippen molar-refractivity contribution in [3.8, 4) is 0 Å². The average molecular weight is 210 g/mol. The number of hydrogen-bond acceptors (Lipinski definition) is 4. The summed E-state index contributed by atoms with van der Waals surface area (Å²) >= 11 is 5.06. The zero-order chi connectivity index (χ0) is 9.45. The molecule has 0 N–H and O–H groups in total. The quantitative estimate of drug-likeness (QED) is 0.497. The molecule has 0 aliphatic rings. The second-order valence-corrected chi connectivity index (χ2v) is 4.82. The lowest BCUT2D eigenvalue weighted by Crippen LogP contribution is -1.95. The van der Waals surface area contributed by atoms with Gasteiger partial charge in [-0.3, -0.25) is 9.05 Å². The topological polar surface area (TPSA) is 27.7 Å². The highest BCUT2D eigenvalue weighted by Crippen LogP contribution is 2.49. The Hall–Kier alpha value is 0.110. The molecule has 3 nitrogen and oxygen atoms in total. The van der Waals surface area contributed by atoms with Gasteiger partial charge in [0.2, 0.25) is 0 Å². The SMILES string of the molecule is CC=COP(=S)(OCC)OCC. The van der Waals surface area contributed by atoms with E-state index in [1.165, 1.54) is 6.26 Å². The zero-order valence-corrected chi connectivity index (χ0v) is 9.36. The van der Waals surface area contributed by atoms with E-state index < -0.39 is 6.72 Å². The maximum absolute atomic E-state index is 5.20. The van der Waals surface area contributed by atoms with E-state index in [1.807, 2.05) is 20.8 Å². The molecule has 0 saturated heterocycles. The van der Waals surface area contributed by atoms with Crippen molar-refractivity contribution in [1.82, 2.24) is 0 Å². The molecule has 0 aliphatic heterocycles. The summed E-state index contributed by atoms with van der Waals surface area (Å²) in [4.78, 5) is 0. The van der Waals surface area contributed by atoms with Crippen LogP contribution < -0.4 is 0 Å². The predicted octanol–water partition coefficient (Wildman–Crippen LogP) is 2.83. The molecule has 0 aliphatic carbocycles. The van der Waals surface area contributed by atoms with E-state index in [0.29, 0.717) is 13.2 Å². The standard InChI is InChI=1S/C7H15O3PS/c1-4-7-10-11(12,8-5-2)9-6-3/h4,7H,5-6H2,1-3H3. The van der Waals surface area contributed by atoms with Crippen molar-refractivity contribution < 1.29 is 13.6 Å². The van der Waals surface area contributed by atoms with E-state index in [2.05, 4.69) is 0 Å². The first-order chi connectivity index (χ1) is 5.68. The maximum atomic E-state index is 5.20. The highest BCUT2D eigenvalue weighted by atomic mass is 32.5. The fraction of sp³-hybridized carbons (Fsp3) is 0.714. The molecule has 0 heterocycles. The molecule has 0 aromatic heterocycles. The van der Waals surface area contributed by atoms with Gasteiger partial charge in [-0.25, -0.2) is 0 Å². The smallest absolute Gasteiger partial charge is 0.379 e. The Kier molecular flexibility index (Phi) is 6.67.